The lowest BCUT2D eigenvalue weighted by molar-refractivity contribution is 0.102. The normalized spacial score (nSPS) is 10.2. The molecule has 120 valence electrons. The van der Waals surface area contributed by atoms with Gasteiger partial charge in [0.25, 0.3) is 5.91 Å². The van der Waals surface area contributed by atoms with Gasteiger partial charge in [0.1, 0.15) is 11.5 Å². The SMILES string of the molecule is O=C(Nc1cccc(F)c1)c1cc(Nc2ccc(Br)cc2)ccn1. The van der Waals surface area contributed by atoms with Gasteiger partial charge in [-0.2, -0.15) is 0 Å². The number of hydrogen-bond donors (Lipinski definition) is 2. The van der Waals surface area contributed by atoms with E-state index in [-0.39, 0.29) is 5.69 Å². The molecule has 0 radical (unpaired) electrons. The van der Waals surface area contributed by atoms with Crippen LogP contribution in [-0.4, -0.2) is 10.9 Å². The fourth-order valence-corrected chi connectivity index (χ4v) is 2.36. The predicted molar refractivity (Wildman–Crippen MR) is 96.0 cm³/mol. The zero-order valence-electron chi connectivity index (χ0n) is 12.5. The van der Waals surface area contributed by atoms with Crippen LogP contribution in [-0.2, 0) is 0 Å². The second-order valence-electron chi connectivity index (χ2n) is 5.03. The molecule has 3 aromatic rings. The quantitative estimate of drug-likeness (QED) is 0.665. The Balaban J connectivity index is 1.74. The summed E-state index contributed by atoms with van der Waals surface area (Å²) in [6.07, 6.45) is 1.54. The number of pyridine rings is 1. The molecule has 3 rings (SSSR count). The molecule has 0 unspecified atom stereocenters. The lowest BCUT2D eigenvalue weighted by Crippen LogP contribution is -2.13. The van der Waals surface area contributed by atoms with Gasteiger partial charge in [-0.25, -0.2) is 4.39 Å². The molecule has 6 heteroatoms. The molecular formula is C18H13BrFN3O. The van der Waals surface area contributed by atoms with Gasteiger partial charge in [-0.1, -0.05) is 22.0 Å². The van der Waals surface area contributed by atoms with E-state index in [1.807, 2.05) is 24.3 Å². The molecule has 0 spiro atoms. The molecule has 2 N–H and O–H groups in total. The van der Waals surface area contributed by atoms with Gasteiger partial charge in [0.2, 0.25) is 0 Å². The molecule has 0 aliphatic carbocycles. The number of aromatic nitrogens is 1. The second kappa shape index (κ2) is 7.23. The van der Waals surface area contributed by atoms with Crippen molar-refractivity contribution in [2.45, 2.75) is 0 Å². The molecule has 0 bridgehead atoms. The predicted octanol–water partition coefficient (Wildman–Crippen LogP) is 4.98. The standard InChI is InChI=1S/C18H13BrFN3O/c19-12-4-6-14(7-5-12)22-16-8-9-21-17(11-16)18(24)23-15-3-1-2-13(20)10-15/h1-11H,(H,21,22)(H,23,24). The zero-order chi connectivity index (χ0) is 16.9. The largest absolute Gasteiger partial charge is 0.355 e. The van der Waals surface area contributed by atoms with E-state index in [1.54, 1.807) is 24.4 Å². The topological polar surface area (TPSA) is 54.0 Å². The van der Waals surface area contributed by atoms with E-state index in [0.29, 0.717) is 5.69 Å². The highest BCUT2D eigenvalue weighted by Gasteiger charge is 2.09. The van der Waals surface area contributed by atoms with Crippen LogP contribution in [0.1, 0.15) is 10.5 Å². The van der Waals surface area contributed by atoms with Gasteiger partial charge in [-0.15, -0.1) is 0 Å². The first-order chi connectivity index (χ1) is 11.6. The first kappa shape index (κ1) is 16.1. The van der Waals surface area contributed by atoms with Gasteiger partial charge in [0.05, 0.1) is 0 Å². The van der Waals surface area contributed by atoms with Crippen molar-refractivity contribution in [3.63, 3.8) is 0 Å². The number of halogens is 2. The Morgan fingerprint density at radius 3 is 2.50 bits per heavy atom. The minimum atomic E-state index is -0.411. The van der Waals surface area contributed by atoms with Gasteiger partial charge in [-0.05, 0) is 54.6 Å². The number of nitrogens with zero attached hydrogens (tertiary/aromatic N) is 1. The zero-order valence-corrected chi connectivity index (χ0v) is 14.0. The van der Waals surface area contributed by atoms with Crippen molar-refractivity contribution in [1.82, 2.24) is 4.98 Å². The summed E-state index contributed by atoms with van der Waals surface area (Å²) in [4.78, 5) is 16.3. The number of nitrogens with one attached hydrogen (secondary N) is 2. The van der Waals surface area contributed by atoms with Gasteiger partial charge < -0.3 is 10.6 Å². The van der Waals surface area contributed by atoms with E-state index in [4.69, 9.17) is 0 Å². The first-order valence-electron chi connectivity index (χ1n) is 7.16. The maximum Gasteiger partial charge on any atom is 0.274 e. The maximum atomic E-state index is 13.2. The summed E-state index contributed by atoms with van der Waals surface area (Å²) in [5.41, 5.74) is 2.24. The highest BCUT2D eigenvalue weighted by atomic mass is 79.9. The average molecular weight is 386 g/mol. The second-order valence-corrected chi connectivity index (χ2v) is 5.94. The molecular weight excluding hydrogens is 373 g/mol. The number of anilines is 3. The van der Waals surface area contributed by atoms with Crippen LogP contribution >= 0.6 is 15.9 Å². The summed E-state index contributed by atoms with van der Waals surface area (Å²) in [6, 6.07) is 16.8. The molecule has 0 aliphatic rings. The third-order valence-electron chi connectivity index (χ3n) is 3.21. The van der Waals surface area contributed by atoms with Crippen LogP contribution in [0.2, 0.25) is 0 Å². The highest BCUT2D eigenvalue weighted by molar-refractivity contribution is 9.10. The number of amides is 1. The summed E-state index contributed by atoms with van der Waals surface area (Å²) in [5, 5.41) is 5.82. The van der Waals surface area contributed by atoms with Gasteiger partial charge in [0.15, 0.2) is 0 Å². The Labute approximate surface area is 146 Å². The number of carbonyl (C=O) groups is 1. The van der Waals surface area contributed by atoms with Gasteiger partial charge >= 0.3 is 0 Å². The third kappa shape index (κ3) is 4.17. The van der Waals surface area contributed by atoms with Crippen LogP contribution in [0.15, 0.2) is 71.3 Å². The first-order valence-corrected chi connectivity index (χ1v) is 7.95. The van der Waals surface area contributed by atoms with E-state index in [1.165, 1.54) is 18.2 Å². The fraction of sp³-hybridized carbons (Fsp3) is 0. The Morgan fingerprint density at radius 1 is 0.958 bits per heavy atom. The molecule has 0 aliphatic heterocycles. The third-order valence-corrected chi connectivity index (χ3v) is 3.74. The van der Waals surface area contributed by atoms with Crippen molar-refractivity contribution in [3.8, 4) is 0 Å². The Kier molecular flexibility index (Phi) is 4.86. The van der Waals surface area contributed by atoms with Crippen molar-refractivity contribution in [2.24, 2.45) is 0 Å². The molecule has 0 saturated carbocycles. The van der Waals surface area contributed by atoms with E-state index in [2.05, 4.69) is 31.5 Å². The number of hydrogen-bond acceptors (Lipinski definition) is 3. The molecule has 1 heterocycles. The molecule has 1 amide bonds. The summed E-state index contributed by atoms with van der Waals surface area (Å²) in [5.74, 6) is -0.813. The molecule has 2 aromatic carbocycles. The van der Waals surface area contributed by atoms with Crippen LogP contribution < -0.4 is 10.6 Å². The van der Waals surface area contributed by atoms with Crippen LogP contribution in [0.3, 0.4) is 0 Å². The van der Waals surface area contributed by atoms with Gasteiger partial charge in [-0.3, -0.25) is 9.78 Å². The van der Waals surface area contributed by atoms with Crippen LogP contribution in [0, 0.1) is 5.82 Å². The molecule has 4 nitrogen and oxygen atoms in total. The van der Waals surface area contributed by atoms with Crippen molar-refractivity contribution in [3.05, 3.63) is 82.8 Å². The van der Waals surface area contributed by atoms with E-state index < -0.39 is 11.7 Å². The summed E-state index contributed by atoms with van der Waals surface area (Å²) in [7, 11) is 0. The van der Waals surface area contributed by atoms with Crippen LogP contribution in [0.4, 0.5) is 21.5 Å². The molecule has 0 fully saturated rings. The lowest BCUT2D eigenvalue weighted by Gasteiger charge is -2.09. The van der Waals surface area contributed by atoms with Crippen molar-refractivity contribution in [1.29, 1.82) is 0 Å². The summed E-state index contributed by atoms with van der Waals surface area (Å²) >= 11 is 3.38. The number of rotatable bonds is 4. The van der Waals surface area contributed by atoms with Crippen LogP contribution in [0.25, 0.3) is 0 Å². The smallest absolute Gasteiger partial charge is 0.274 e. The van der Waals surface area contributed by atoms with Crippen LogP contribution in [0.5, 0.6) is 0 Å². The van der Waals surface area contributed by atoms with E-state index >= 15 is 0 Å². The molecule has 0 atom stereocenters. The number of carbonyl (C=O) groups excluding carboxylic acids is 1. The highest BCUT2D eigenvalue weighted by Crippen LogP contribution is 2.20. The van der Waals surface area contributed by atoms with E-state index in [0.717, 1.165) is 15.8 Å². The monoisotopic (exact) mass is 385 g/mol. The fourth-order valence-electron chi connectivity index (χ4n) is 2.09. The molecule has 24 heavy (non-hydrogen) atoms. The minimum Gasteiger partial charge on any atom is -0.355 e. The van der Waals surface area contributed by atoms with E-state index in [9.17, 15) is 9.18 Å². The minimum absolute atomic E-state index is 0.237. The van der Waals surface area contributed by atoms with Crippen molar-refractivity contribution >= 4 is 38.9 Å². The molecule has 1 aromatic heterocycles. The molecule has 0 saturated heterocycles. The Morgan fingerprint density at radius 2 is 1.75 bits per heavy atom. The maximum absolute atomic E-state index is 13.2. The lowest BCUT2D eigenvalue weighted by atomic mass is 10.2. The average Bonchev–Trinajstić information content (AvgIpc) is 2.57. The van der Waals surface area contributed by atoms with Gasteiger partial charge in [0, 0.05) is 27.7 Å². The summed E-state index contributed by atoms with van der Waals surface area (Å²) in [6.45, 7) is 0. The Hall–Kier alpha value is -2.73. The number of benzene rings is 2. The van der Waals surface area contributed by atoms with Crippen molar-refractivity contribution < 1.29 is 9.18 Å². The van der Waals surface area contributed by atoms with Crippen molar-refractivity contribution in [2.75, 3.05) is 10.6 Å². The Bertz CT molecular complexity index is 868. The summed E-state index contributed by atoms with van der Waals surface area (Å²) < 4.78 is 14.2.